The lowest BCUT2D eigenvalue weighted by Crippen LogP contribution is -2.32. The van der Waals surface area contributed by atoms with Crippen molar-refractivity contribution in [1.82, 2.24) is 5.32 Å². The van der Waals surface area contributed by atoms with Crippen molar-refractivity contribution in [3.8, 4) is 0 Å². The molecule has 1 heterocycles. The van der Waals surface area contributed by atoms with Gasteiger partial charge in [0.15, 0.2) is 0 Å². The van der Waals surface area contributed by atoms with Gasteiger partial charge in [-0.3, -0.25) is 0 Å². The highest BCUT2D eigenvalue weighted by Crippen LogP contribution is 2.31. The molecule has 1 N–H and O–H groups in total. The number of rotatable bonds is 6. The molecule has 0 aromatic heterocycles. The molecule has 0 bridgehead atoms. The summed E-state index contributed by atoms with van der Waals surface area (Å²) in [5.41, 5.74) is 2.43. The van der Waals surface area contributed by atoms with E-state index in [1.807, 2.05) is 18.2 Å². The van der Waals surface area contributed by atoms with E-state index in [9.17, 15) is 0 Å². The molecule has 1 saturated heterocycles. The molecule has 1 aliphatic rings. The number of hydrogen-bond acceptors (Lipinski definition) is 2. The van der Waals surface area contributed by atoms with Crippen molar-refractivity contribution in [2.45, 2.75) is 25.4 Å². The molecule has 1 fully saturated rings. The Balaban J connectivity index is 1.64. The summed E-state index contributed by atoms with van der Waals surface area (Å²) in [5, 5.41) is 4.61. The van der Waals surface area contributed by atoms with E-state index < -0.39 is 0 Å². The van der Waals surface area contributed by atoms with Crippen LogP contribution in [0.4, 0.5) is 0 Å². The Hall–Kier alpha value is -1.06. The third-order valence-corrected chi connectivity index (χ3v) is 5.47. The molecular weight excluding hydrogens is 341 g/mol. The van der Waals surface area contributed by atoms with Crippen LogP contribution in [0.25, 0.3) is 0 Å². The van der Waals surface area contributed by atoms with E-state index in [2.05, 4.69) is 35.6 Å². The van der Waals surface area contributed by atoms with Crippen molar-refractivity contribution in [3.05, 3.63) is 69.7 Å². The van der Waals surface area contributed by atoms with E-state index in [4.69, 9.17) is 27.9 Å². The van der Waals surface area contributed by atoms with Gasteiger partial charge in [-0.15, -0.1) is 0 Å². The van der Waals surface area contributed by atoms with Gasteiger partial charge in [-0.05, 0) is 55.1 Å². The summed E-state index contributed by atoms with van der Waals surface area (Å²) in [4.78, 5) is 0. The van der Waals surface area contributed by atoms with Crippen LogP contribution < -0.4 is 5.32 Å². The number of piperidine rings is 1. The topological polar surface area (TPSA) is 21.3 Å². The van der Waals surface area contributed by atoms with Crippen molar-refractivity contribution in [3.63, 3.8) is 0 Å². The quantitative estimate of drug-likeness (QED) is 0.752. The van der Waals surface area contributed by atoms with E-state index >= 15 is 0 Å². The van der Waals surface area contributed by atoms with Crippen LogP contribution in [0.2, 0.25) is 10.0 Å². The average Bonchev–Trinajstić information content (AvgIpc) is 2.63. The molecule has 2 aromatic rings. The molecule has 2 aromatic carbocycles. The van der Waals surface area contributed by atoms with E-state index in [1.165, 1.54) is 18.4 Å². The fourth-order valence-electron chi connectivity index (χ4n) is 3.38. The zero-order chi connectivity index (χ0) is 16.8. The Kier molecular flexibility index (Phi) is 6.56. The van der Waals surface area contributed by atoms with Crippen LogP contribution in [0, 0.1) is 5.92 Å². The molecule has 1 atom stereocenters. The number of hydrogen-bond donors (Lipinski definition) is 1. The Morgan fingerprint density at radius 1 is 1.00 bits per heavy atom. The Morgan fingerprint density at radius 2 is 1.75 bits per heavy atom. The molecule has 0 aliphatic carbocycles. The standard InChI is InChI=1S/C20H23Cl2NO/c21-19-7-6-15(12-20(19)22)13-24-14-18(16-4-2-1-3-5-16)17-8-10-23-11-9-17/h1-7,12,17-18,23H,8-11,13-14H2. The van der Waals surface area contributed by atoms with E-state index in [0.29, 0.717) is 28.5 Å². The maximum Gasteiger partial charge on any atom is 0.0717 e. The number of benzene rings is 2. The zero-order valence-electron chi connectivity index (χ0n) is 13.7. The van der Waals surface area contributed by atoms with Gasteiger partial charge in [0.05, 0.1) is 23.3 Å². The third kappa shape index (κ3) is 4.73. The van der Waals surface area contributed by atoms with Crippen molar-refractivity contribution >= 4 is 23.2 Å². The van der Waals surface area contributed by atoms with Gasteiger partial charge >= 0.3 is 0 Å². The summed E-state index contributed by atoms with van der Waals surface area (Å²) in [6.45, 7) is 3.49. The molecule has 0 radical (unpaired) electrons. The van der Waals surface area contributed by atoms with Crippen LogP contribution >= 0.6 is 23.2 Å². The SMILES string of the molecule is Clc1ccc(COCC(c2ccccc2)C2CCNCC2)cc1Cl. The van der Waals surface area contributed by atoms with Gasteiger partial charge in [-0.2, -0.15) is 0 Å². The van der Waals surface area contributed by atoms with Crippen LogP contribution in [0.1, 0.15) is 29.9 Å². The van der Waals surface area contributed by atoms with Crippen LogP contribution in [0.3, 0.4) is 0 Å². The van der Waals surface area contributed by atoms with E-state index in [-0.39, 0.29) is 0 Å². The van der Waals surface area contributed by atoms with Crippen molar-refractivity contribution in [1.29, 1.82) is 0 Å². The lowest BCUT2D eigenvalue weighted by Gasteiger charge is -2.31. The largest absolute Gasteiger partial charge is 0.376 e. The van der Waals surface area contributed by atoms with Crippen molar-refractivity contribution in [2.75, 3.05) is 19.7 Å². The first-order valence-corrected chi connectivity index (χ1v) is 9.27. The number of nitrogens with one attached hydrogen (secondary N) is 1. The first-order chi connectivity index (χ1) is 11.7. The second-order valence-corrected chi connectivity index (χ2v) is 7.18. The van der Waals surface area contributed by atoms with Crippen LogP contribution in [-0.4, -0.2) is 19.7 Å². The maximum atomic E-state index is 6.08. The summed E-state index contributed by atoms with van der Waals surface area (Å²) in [7, 11) is 0. The van der Waals surface area contributed by atoms with Crippen LogP contribution in [0.5, 0.6) is 0 Å². The first-order valence-electron chi connectivity index (χ1n) is 8.51. The normalized spacial score (nSPS) is 16.9. The van der Waals surface area contributed by atoms with Crippen LogP contribution in [-0.2, 0) is 11.3 Å². The molecule has 4 heteroatoms. The molecule has 24 heavy (non-hydrogen) atoms. The lowest BCUT2D eigenvalue weighted by molar-refractivity contribution is 0.0857. The van der Waals surface area contributed by atoms with E-state index in [1.54, 1.807) is 0 Å². The smallest absolute Gasteiger partial charge is 0.0717 e. The van der Waals surface area contributed by atoms with Gasteiger partial charge in [0.1, 0.15) is 0 Å². The number of halogens is 2. The molecule has 3 rings (SSSR count). The minimum atomic E-state index is 0.441. The Labute approximate surface area is 154 Å². The molecule has 128 valence electrons. The van der Waals surface area contributed by atoms with Gasteiger partial charge in [0.2, 0.25) is 0 Å². The maximum absolute atomic E-state index is 6.08. The molecular formula is C20H23Cl2NO. The second kappa shape index (κ2) is 8.87. The molecule has 1 unspecified atom stereocenters. The predicted octanol–water partition coefficient (Wildman–Crippen LogP) is 5.29. The highest BCUT2D eigenvalue weighted by molar-refractivity contribution is 6.42. The highest BCUT2D eigenvalue weighted by Gasteiger charge is 2.25. The zero-order valence-corrected chi connectivity index (χ0v) is 15.2. The summed E-state index contributed by atoms with van der Waals surface area (Å²) in [6, 6.07) is 16.4. The summed E-state index contributed by atoms with van der Waals surface area (Å²) >= 11 is 12.0. The second-order valence-electron chi connectivity index (χ2n) is 6.37. The van der Waals surface area contributed by atoms with Crippen LogP contribution in [0.15, 0.2) is 48.5 Å². The molecule has 2 nitrogen and oxygen atoms in total. The van der Waals surface area contributed by atoms with Gasteiger partial charge < -0.3 is 10.1 Å². The fourth-order valence-corrected chi connectivity index (χ4v) is 3.71. The molecule has 1 aliphatic heterocycles. The highest BCUT2D eigenvalue weighted by atomic mass is 35.5. The van der Waals surface area contributed by atoms with E-state index in [0.717, 1.165) is 25.3 Å². The van der Waals surface area contributed by atoms with Gasteiger partial charge in [-0.25, -0.2) is 0 Å². The van der Waals surface area contributed by atoms with Gasteiger partial charge in [-0.1, -0.05) is 59.6 Å². The Morgan fingerprint density at radius 3 is 2.46 bits per heavy atom. The summed E-state index contributed by atoms with van der Waals surface area (Å²) < 4.78 is 6.06. The molecule has 0 saturated carbocycles. The minimum absolute atomic E-state index is 0.441. The predicted molar refractivity (Wildman–Crippen MR) is 101 cm³/mol. The molecule has 0 amide bonds. The number of ether oxygens (including phenoxy) is 1. The van der Waals surface area contributed by atoms with Gasteiger partial charge in [0.25, 0.3) is 0 Å². The fraction of sp³-hybridized carbons (Fsp3) is 0.400. The molecule has 0 spiro atoms. The first kappa shape index (κ1) is 17.8. The van der Waals surface area contributed by atoms with Crippen molar-refractivity contribution < 1.29 is 4.74 Å². The summed E-state index contributed by atoms with van der Waals surface area (Å²) in [5.74, 6) is 1.11. The average molecular weight is 364 g/mol. The monoisotopic (exact) mass is 363 g/mol. The minimum Gasteiger partial charge on any atom is -0.376 e. The van der Waals surface area contributed by atoms with Crippen molar-refractivity contribution in [2.24, 2.45) is 5.92 Å². The lowest BCUT2D eigenvalue weighted by atomic mass is 9.81. The summed E-state index contributed by atoms with van der Waals surface area (Å²) in [6.07, 6.45) is 2.41. The third-order valence-electron chi connectivity index (χ3n) is 4.73. The Bertz CT molecular complexity index is 641. The van der Waals surface area contributed by atoms with Gasteiger partial charge in [0, 0.05) is 5.92 Å².